The Hall–Kier alpha value is -3.05. The predicted octanol–water partition coefficient (Wildman–Crippen LogP) is 3.01. The number of fused-ring (bicyclic) bond motifs is 1. The van der Waals surface area contributed by atoms with Gasteiger partial charge in [0.2, 0.25) is 0 Å². The first kappa shape index (κ1) is 18.3. The predicted molar refractivity (Wildman–Crippen MR) is 101 cm³/mol. The molecule has 1 aromatic heterocycles. The van der Waals surface area contributed by atoms with Crippen LogP contribution < -0.4 is 15.5 Å². The van der Waals surface area contributed by atoms with Gasteiger partial charge in [-0.25, -0.2) is 10.4 Å². The van der Waals surface area contributed by atoms with Crippen molar-refractivity contribution in [2.75, 3.05) is 11.9 Å². The van der Waals surface area contributed by atoms with E-state index in [1.54, 1.807) is 35.6 Å². The van der Waals surface area contributed by atoms with Gasteiger partial charge >= 0.3 is 6.61 Å². The molecule has 3 N–H and O–H groups in total. The Morgan fingerprint density at radius 3 is 3.07 bits per heavy atom. The number of carbonyl (C=O) groups excluding carboxylic acids is 1. The number of allylic oxidation sites excluding steroid dienone is 1. The smallest absolute Gasteiger partial charge is 0.387 e. The Labute approximate surface area is 166 Å². The van der Waals surface area contributed by atoms with Crippen molar-refractivity contribution < 1.29 is 18.3 Å². The minimum absolute atomic E-state index is 0.0456. The highest BCUT2D eigenvalue weighted by Crippen LogP contribution is 2.36. The van der Waals surface area contributed by atoms with Crippen molar-refractivity contribution in [3.05, 3.63) is 52.5 Å². The van der Waals surface area contributed by atoms with Gasteiger partial charge in [0.1, 0.15) is 5.75 Å². The molecule has 0 fully saturated rings. The minimum Gasteiger partial charge on any atom is -0.434 e. The third-order valence-electron chi connectivity index (χ3n) is 4.03. The first-order valence-electron chi connectivity index (χ1n) is 8.09. The van der Waals surface area contributed by atoms with Crippen LogP contribution in [0.25, 0.3) is 11.3 Å². The van der Waals surface area contributed by atoms with E-state index >= 15 is 0 Å². The second-order valence-corrected chi connectivity index (χ2v) is 6.67. The van der Waals surface area contributed by atoms with E-state index in [9.17, 15) is 13.6 Å². The number of aromatic nitrogens is 2. The highest BCUT2D eigenvalue weighted by molar-refractivity contribution is 9.10. The van der Waals surface area contributed by atoms with Crippen LogP contribution >= 0.6 is 15.9 Å². The molecule has 28 heavy (non-hydrogen) atoms. The molecule has 0 saturated heterocycles. The van der Waals surface area contributed by atoms with Crippen molar-refractivity contribution in [1.29, 1.82) is 0 Å². The molecule has 1 amide bonds. The quantitative estimate of drug-likeness (QED) is 0.650. The number of hydrogen-bond acceptors (Lipinski definition) is 6. The Morgan fingerprint density at radius 1 is 1.39 bits per heavy atom. The monoisotopic (exact) mass is 450 g/mol. The van der Waals surface area contributed by atoms with E-state index in [1.807, 2.05) is 0 Å². The molecule has 0 radical (unpaired) electrons. The van der Waals surface area contributed by atoms with E-state index in [4.69, 9.17) is 0 Å². The largest absolute Gasteiger partial charge is 0.434 e. The molecule has 2 aromatic rings. The van der Waals surface area contributed by atoms with Crippen LogP contribution in [0.2, 0.25) is 0 Å². The van der Waals surface area contributed by atoms with Crippen molar-refractivity contribution in [3.8, 4) is 17.0 Å². The average Bonchev–Trinajstić information content (AvgIpc) is 3.29. The topological polar surface area (TPSA) is 94.6 Å². The number of aromatic amines is 1. The molecule has 4 rings (SSSR count). The molecule has 0 saturated carbocycles. The number of hydrazine groups is 1. The summed E-state index contributed by atoms with van der Waals surface area (Å²) in [6.07, 6.45) is 6.48. The molecule has 8 nitrogen and oxygen atoms in total. The SMILES string of the molecule is O=C(Nc1cn[nH]c1-c1cc(Br)ccc1OC(F)F)C1=C2N=CC=CN2NC1. The number of amides is 1. The molecular weight excluding hydrogens is 438 g/mol. The number of aliphatic imine (C=N–C) groups is 1. The summed E-state index contributed by atoms with van der Waals surface area (Å²) in [6, 6.07) is 4.58. The van der Waals surface area contributed by atoms with Gasteiger partial charge in [-0.3, -0.25) is 14.9 Å². The molecule has 1 aromatic carbocycles. The highest BCUT2D eigenvalue weighted by Gasteiger charge is 2.27. The second-order valence-electron chi connectivity index (χ2n) is 5.76. The maximum atomic E-state index is 12.7. The lowest BCUT2D eigenvalue weighted by Crippen LogP contribution is -2.27. The lowest BCUT2D eigenvalue weighted by atomic mass is 10.1. The van der Waals surface area contributed by atoms with Gasteiger partial charge in [0, 0.05) is 29.0 Å². The molecule has 0 aliphatic carbocycles. The summed E-state index contributed by atoms with van der Waals surface area (Å²) < 4.78 is 30.7. The van der Waals surface area contributed by atoms with Crippen LogP contribution in [0, 0.1) is 0 Å². The first-order chi connectivity index (χ1) is 13.5. The van der Waals surface area contributed by atoms with E-state index in [2.05, 4.69) is 46.6 Å². The fraction of sp³-hybridized carbons (Fsp3) is 0.118. The number of hydrogen-bond donors (Lipinski definition) is 3. The standard InChI is InChI=1S/C17H13BrF2N6O2/c18-9-2-3-13(28-17(19)20)10(6-9)14-12(8-22-25-14)24-16(27)11-7-23-26-5-1-4-21-15(11)26/h1-6,8,17,23H,7H2,(H,22,25)(H,24,27). The number of carbonyl (C=O) groups is 1. The number of nitrogens with one attached hydrogen (secondary N) is 3. The van der Waals surface area contributed by atoms with Crippen molar-refractivity contribution >= 4 is 33.7 Å². The van der Waals surface area contributed by atoms with Crippen LogP contribution in [0.1, 0.15) is 0 Å². The van der Waals surface area contributed by atoms with Gasteiger partial charge < -0.3 is 10.1 Å². The molecule has 144 valence electrons. The Morgan fingerprint density at radius 2 is 2.25 bits per heavy atom. The number of alkyl halides is 2. The van der Waals surface area contributed by atoms with E-state index < -0.39 is 6.61 Å². The zero-order valence-corrected chi connectivity index (χ0v) is 15.7. The van der Waals surface area contributed by atoms with Gasteiger partial charge in [-0.15, -0.1) is 0 Å². The maximum absolute atomic E-state index is 12.7. The molecule has 0 atom stereocenters. The van der Waals surface area contributed by atoms with Crippen LogP contribution in [0.3, 0.4) is 0 Å². The summed E-state index contributed by atoms with van der Waals surface area (Å²) in [5, 5.41) is 11.0. The zero-order valence-electron chi connectivity index (χ0n) is 14.1. The van der Waals surface area contributed by atoms with Crippen LogP contribution in [-0.2, 0) is 4.79 Å². The first-order valence-corrected chi connectivity index (χ1v) is 8.88. The molecule has 2 aliphatic rings. The minimum atomic E-state index is -2.99. The fourth-order valence-corrected chi connectivity index (χ4v) is 3.19. The number of nitrogens with zero attached hydrogens (tertiary/aromatic N) is 3. The molecule has 0 unspecified atom stereocenters. The third kappa shape index (κ3) is 3.53. The normalized spacial score (nSPS) is 15.4. The van der Waals surface area contributed by atoms with E-state index in [1.165, 1.54) is 12.3 Å². The van der Waals surface area contributed by atoms with E-state index in [0.717, 1.165) is 0 Å². The van der Waals surface area contributed by atoms with Crippen molar-refractivity contribution in [1.82, 2.24) is 20.6 Å². The molecule has 11 heteroatoms. The Kier molecular flexibility index (Phi) is 4.92. The maximum Gasteiger partial charge on any atom is 0.387 e. The van der Waals surface area contributed by atoms with E-state index in [-0.39, 0.29) is 11.7 Å². The summed E-state index contributed by atoms with van der Waals surface area (Å²) in [6.45, 7) is -2.69. The fourth-order valence-electron chi connectivity index (χ4n) is 2.83. The lowest BCUT2D eigenvalue weighted by Gasteiger charge is -2.15. The molecule has 2 aliphatic heterocycles. The van der Waals surface area contributed by atoms with Crippen LogP contribution in [0.4, 0.5) is 14.5 Å². The van der Waals surface area contributed by atoms with E-state index in [0.29, 0.717) is 39.4 Å². The summed E-state index contributed by atoms with van der Waals surface area (Å²) >= 11 is 3.31. The van der Waals surface area contributed by atoms with Gasteiger partial charge in [-0.05, 0) is 24.3 Å². The number of ether oxygens (including phenoxy) is 1. The summed E-state index contributed by atoms with van der Waals surface area (Å²) in [5.41, 5.74) is 4.44. The Bertz CT molecular complexity index is 1020. The summed E-state index contributed by atoms with van der Waals surface area (Å²) in [7, 11) is 0. The second kappa shape index (κ2) is 7.52. The molecule has 3 heterocycles. The Balaban J connectivity index is 1.64. The number of halogens is 3. The van der Waals surface area contributed by atoms with Crippen LogP contribution in [0.5, 0.6) is 5.75 Å². The van der Waals surface area contributed by atoms with Crippen molar-refractivity contribution in [2.24, 2.45) is 4.99 Å². The number of rotatable bonds is 5. The molecule has 0 spiro atoms. The lowest BCUT2D eigenvalue weighted by molar-refractivity contribution is -0.112. The van der Waals surface area contributed by atoms with Gasteiger partial charge in [-0.2, -0.15) is 13.9 Å². The number of benzene rings is 1. The van der Waals surface area contributed by atoms with Crippen LogP contribution in [-0.4, -0.2) is 40.5 Å². The van der Waals surface area contributed by atoms with Gasteiger partial charge in [0.25, 0.3) is 5.91 Å². The van der Waals surface area contributed by atoms with Gasteiger partial charge in [0.15, 0.2) is 5.82 Å². The summed E-state index contributed by atoms with van der Waals surface area (Å²) in [5.74, 6) is 0.0661. The molecular formula is C17H13BrF2N6O2. The third-order valence-corrected chi connectivity index (χ3v) is 4.52. The van der Waals surface area contributed by atoms with Crippen molar-refractivity contribution in [3.63, 3.8) is 0 Å². The average molecular weight is 451 g/mol. The van der Waals surface area contributed by atoms with Gasteiger partial charge in [-0.1, -0.05) is 15.9 Å². The summed E-state index contributed by atoms with van der Waals surface area (Å²) in [4.78, 5) is 16.9. The number of anilines is 1. The number of H-pyrrole nitrogens is 1. The van der Waals surface area contributed by atoms with Crippen LogP contribution in [0.15, 0.2) is 57.5 Å². The van der Waals surface area contributed by atoms with Crippen molar-refractivity contribution in [2.45, 2.75) is 6.61 Å². The highest BCUT2D eigenvalue weighted by atomic mass is 79.9. The zero-order chi connectivity index (χ0) is 19.7. The van der Waals surface area contributed by atoms with Gasteiger partial charge in [0.05, 0.1) is 23.2 Å². The molecule has 0 bridgehead atoms.